The van der Waals surface area contributed by atoms with E-state index in [9.17, 15) is 5.11 Å². The molecule has 20 heavy (non-hydrogen) atoms. The fourth-order valence-corrected chi connectivity index (χ4v) is 2.40. The van der Waals surface area contributed by atoms with Gasteiger partial charge in [-0.2, -0.15) is 15.0 Å². The van der Waals surface area contributed by atoms with Crippen molar-refractivity contribution in [1.82, 2.24) is 15.0 Å². The van der Waals surface area contributed by atoms with Gasteiger partial charge < -0.3 is 20.5 Å². The Morgan fingerprint density at radius 3 is 2.40 bits per heavy atom. The Bertz CT molecular complexity index is 446. The van der Waals surface area contributed by atoms with E-state index in [1.807, 2.05) is 13.8 Å². The second-order valence-electron chi connectivity index (χ2n) is 5.45. The SMILES string of the molecule is CNc1nc(NC2(CO)CCCC2)nc(OC(C)C)n1. The third kappa shape index (κ3) is 3.47. The summed E-state index contributed by atoms with van der Waals surface area (Å²) in [6.07, 6.45) is 4.04. The molecule has 1 aliphatic carbocycles. The molecular formula is C13H23N5O2. The first-order valence-corrected chi connectivity index (χ1v) is 7.06. The Morgan fingerprint density at radius 1 is 1.20 bits per heavy atom. The molecule has 0 aromatic carbocycles. The minimum Gasteiger partial charge on any atom is -0.461 e. The predicted octanol–water partition coefficient (Wildman–Crippen LogP) is 1.42. The van der Waals surface area contributed by atoms with Crippen LogP contribution in [0.1, 0.15) is 39.5 Å². The first kappa shape index (κ1) is 14.8. The summed E-state index contributed by atoms with van der Waals surface area (Å²) in [7, 11) is 1.75. The summed E-state index contributed by atoms with van der Waals surface area (Å²) >= 11 is 0. The summed E-state index contributed by atoms with van der Waals surface area (Å²) in [5.74, 6) is 0.889. The van der Waals surface area contributed by atoms with Crippen molar-refractivity contribution < 1.29 is 9.84 Å². The maximum Gasteiger partial charge on any atom is 0.323 e. The van der Waals surface area contributed by atoms with Gasteiger partial charge in [0.2, 0.25) is 11.9 Å². The van der Waals surface area contributed by atoms with Gasteiger partial charge in [0.1, 0.15) is 0 Å². The molecule has 0 saturated heterocycles. The third-order valence-electron chi connectivity index (χ3n) is 3.42. The number of anilines is 2. The van der Waals surface area contributed by atoms with Crippen molar-refractivity contribution >= 4 is 11.9 Å². The summed E-state index contributed by atoms with van der Waals surface area (Å²) in [5, 5.41) is 15.8. The Kier molecular flexibility index (Phi) is 4.59. The zero-order chi connectivity index (χ0) is 14.6. The highest BCUT2D eigenvalue weighted by atomic mass is 16.5. The number of ether oxygens (including phenoxy) is 1. The molecule has 0 spiro atoms. The third-order valence-corrected chi connectivity index (χ3v) is 3.42. The van der Waals surface area contributed by atoms with Gasteiger partial charge in [0.15, 0.2) is 0 Å². The summed E-state index contributed by atoms with van der Waals surface area (Å²) < 4.78 is 5.52. The number of aliphatic hydroxyl groups excluding tert-OH is 1. The van der Waals surface area contributed by atoms with E-state index in [2.05, 4.69) is 25.6 Å². The first-order chi connectivity index (χ1) is 9.57. The van der Waals surface area contributed by atoms with Gasteiger partial charge in [-0.05, 0) is 26.7 Å². The number of aromatic nitrogens is 3. The van der Waals surface area contributed by atoms with Crippen LogP contribution in [0.2, 0.25) is 0 Å². The van der Waals surface area contributed by atoms with E-state index < -0.39 is 0 Å². The molecule has 112 valence electrons. The van der Waals surface area contributed by atoms with E-state index in [0.29, 0.717) is 11.9 Å². The Labute approximate surface area is 119 Å². The van der Waals surface area contributed by atoms with Gasteiger partial charge in [0.05, 0.1) is 18.2 Å². The lowest BCUT2D eigenvalue weighted by Crippen LogP contribution is -2.39. The van der Waals surface area contributed by atoms with Gasteiger partial charge >= 0.3 is 6.01 Å². The fraction of sp³-hybridized carbons (Fsp3) is 0.769. The molecule has 2 rings (SSSR count). The van der Waals surface area contributed by atoms with Crippen molar-refractivity contribution in [1.29, 1.82) is 0 Å². The largest absolute Gasteiger partial charge is 0.461 e. The normalized spacial score (nSPS) is 17.2. The van der Waals surface area contributed by atoms with Crippen LogP contribution in [0.3, 0.4) is 0 Å². The summed E-state index contributed by atoms with van der Waals surface area (Å²) in [6, 6.07) is 0.285. The average Bonchev–Trinajstić information content (AvgIpc) is 2.86. The highest BCUT2D eigenvalue weighted by Crippen LogP contribution is 2.32. The van der Waals surface area contributed by atoms with Crippen molar-refractivity contribution in [3.63, 3.8) is 0 Å². The van der Waals surface area contributed by atoms with Crippen molar-refractivity contribution in [2.75, 3.05) is 24.3 Å². The second kappa shape index (κ2) is 6.21. The van der Waals surface area contributed by atoms with Gasteiger partial charge in [-0.3, -0.25) is 0 Å². The van der Waals surface area contributed by atoms with Gasteiger partial charge in [0.25, 0.3) is 0 Å². The lowest BCUT2D eigenvalue weighted by molar-refractivity contribution is 0.211. The number of nitrogens with zero attached hydrogens (tertiary/aromatic N) is 3. The monoisotopic (exact) mass is 281 g/mol. The number of hydrogen-bond donors (Lipinski definition) is 3. The average molecular weight is 281 g/mol. The van der Waals surface area contributed by atoms with Crippen molar-refractivity contribution in [3.8, 4) is 6.01 Å². The zero-order valence-corrected chi connectivity index (χ0v) is 12.3. The minimum atomic E-state index is -0.318. The Morgan fingerprint density at radius 2 is 1.85 bits per heavy atom. The van der Waals surface area contributed by atoms with Crippen molar-refractivity contribution in [3.05, 3.63) is 0 Å². The maximum absolute atomic E-state index is 9.64. The highest BCUT2D eigenvalue weighted by Gasteiger charge is 2.34. The van der Waals surface area contributed by atoms with Crippen LogP contribution in [0.15, 0.2) is 0 Å². The Balaban J connectivity index is 2.21. The van der Waals surface area contributed by atoms with Gasteiger partial charge in [-0.1, -0.05) is 12.8 Å². The molecule has 1 aliphatic rings. The standard InChI is InChI=1S/C13H23N5O2/c1-9(2)20-12-16-10(14-3)15-11(17-12)18-13(8-19)6-4-5-7-13/h9,19H,4-8H2,1-3H3,(H2,14,15,16,17,18). The van der Waals surface area contributed by atoms with E-state index in [1.165, 1.54) is 0 Å². The number of nitrogens with one attached hydrogen (secondary N) is 2. The smallest absolute Gasteiger partial charge is 0.323 e. The van der Waals surface area contributed by atoms with E-state index in [1.54, 1.807) is 7.05 Å². The molecule has 0 amide bonds. The van der Waals surface area contributed by atoms with Crippen LogP contribution in [0.4, 0.5) is 11.9 Å². The molecule has 0 bridgehead atoms. The molecule has 0 radical (unpaired) electrons. The topological polar surface area (TPSA) is 92.2 Å². The molecule has 1 aromatic rings. The maximum atomic E-state index is 9.64. The van der Waals surface area contributed by atoms with E-state index in [4.69, 9.17) is 4.74 Å². The molecule has 1 fully saturated rings. The Hall–Kier alpha value is -1.63. The van der Waals surface area contributed by atoms with Crippen LogP contribution >= 0.6 is 0 Å². The van der Waals surface area contributed by atoms with E-state index >= 15 is 0 Å². The van der Waals surface area contributed by atoms with Gasteiger partial charge in [-0.15, -0.1) is 0 Å². The van der Waals surface area contributed by atoms with Crippen LogP contribution < -0.4 is 15.4 Å². The predicted molar refractivity (Wildman–Crippen MR) is 77.0 cm³/mol. The van der Waals surface area contributed by atoms with Crippen LogP contribution in [-0.4, -0.2) is 45.4 Å². The lowest BCUT2D eigenvalue weighted by atomic mass is 9.99. The number of aliphatic hydroxyl groups is 1. The van der Waals surface area contributed by atoms with Crippen LogP contribution in [0, 0.1) is 0 Å². The molecule has 1 heterocycles. The quantitative estimate of drug-likeness (QED) is 0.726. The lowest BCUT2D eigenvalue weighted by Gasteiger charge is -2.28. The molecule has 7 heteroatoms. The van der Waals surface area contributed by atoms with Crippen molar-refractivity contribution in [2.24, 2.45) is 0 Å². The zero-order valence-electron chi connectivity index (χ0n) is 12.3. The molecule has 7 nitrogen and oxygen atoms in total. The molecule has 0 aliphatic heterocycles. The van der Waals surface area contributed by atoms with Crippen LogP contribution in [0.25, 0.3) is 0 Å². The molecule has 0 atom stereocenters. The van der Waals surface area contributed by atoms with E-state index in [-0.39, 0.29) is 24.3 Å². The fourth-order valence-electron chi connectivity index (χ4n) is 2.40. The second-order valence-corrected chi connectivity index (χ2v) is 5.45. The van der Waals surface area contributed by atoms with Crippen molar-refractivity contribution in [2.45, 2.75) is 51.2 Å². The summed E-state index contributed by atoms with van der Waals surface area (Å²) in [4.78, 5) is 12.7. The first-order valence-electron chi connectivity index (χ1n) is 7.06. The van der Waals surface area contributed by atoms with Gasteiger partial charge in [0, 0.05) is 7.05 Å². The molecular weight excluding hydrogens is 258 g/mol. The molecule has 1 saturated carbocycles. The molecule has 0 unspecified atom stereocenters. The summed E-state index contributed by atoms with van der Waals surface area (Å²) in [6.45, 7) is 3.91. The highest BCUT2D eigenvalue weighted by molar-refractivity contribution is 5.38. The molecule has 3 N–H and O–H groups in total. The van der Waals surface area contributed by atoms with Gasteiger partial charge in [-0.25, -0.2) is 0 Å². The van der Waals surface area contributed by atoms with E-state index in [0.717, 1.165) is 25.7 Å². The van der Waals surface area contributed by atoms with Crippen LogP contribution in [-0.2, 0) is 0 Å². The van der Waals surface area contributed by atoms with Crippen LogP contribution in [0.5, 0.6) is 6.01 Å². The minimum absolute atomic E-state index is 0.00626. The number of rotatable bonds is 6. The number of hydrogen-bond acceptors (Lipinski definition) is 7. The summed E-state index contributed by atoms with van der Waals surface area (Å²) in [5.41, 5.74) is -0.318. The molecule has 1 aromatic heterocycles.